The Hall–Kier alpha value is -2.90. The van der Waals surface area contributed by atoms with E-state index in [0.29, 0.717) is 0 Å². The summed E-state index contributed by atoms with van der Waals surface area (Å²) in [5.41, 5.74) is -0.0787. The fourth-order valence-corrected chi connectivity index (χ4v) is 1.55. The Balaban J connectivity index is 2.54. The first-order valence-corrected chi connectivity index (χ1v) is 5.23. The van der Waals surface area contributed by atoms with E-state index in [0.717, 1.165) is 10.6 Å². The summed E-state index contributed by atoms with van der Waals surface area (Å²) in [4.78, 5) is 33.3. The molecule has 98 valence electrons. The molecule has 0 saturated carbocycles. The third kappa shape index (κ3) is 2.23. The van der Waals surface area contributed by atoms with Crippen molar-refractivity contribution in [3.05, 3.63) is 51.5 Å². The normalized spacial score (nSPS) is 10.3. The first-order valence-electron chi connectivity index (χ1n) is 5.23. The Morgan fingerprint density at radius 3 is 2.95 bits per heavy atom. The van der Waals surface area contributed by atoms with Crippen LogP contribution in [0.4, 0.5) is 10.5 Å². The Kier molecular flexibility index (Phi) is 3.15. The van der Waals surface area contributed by atoms with Gasteiger partial charge in [-0.1, -0.05) is 6.08 Å². The van der Waals surface area contributed by atoms with Crippen LogP contribution in [0.1, 0.15) is 0 Å². The van der Waals surface area contributed by atoms with Gasteiger partial charge in [0.15, 0.2) is 5.58 Å². The second-order valence-corrected chi connectivity index (χ2v) is 3.59. The number of rotatable bonds is 3. The molecule has 0 atom stereocenters. The Morgan fingerprint density at radius 2 is 2.32 bits per heavy atom. The number of benzene rings is 1. The Bertz CT molecular complexity index is 727. The van der Waals surface area contributed by atoms with Gasteiger partial charge in [-0.25, -0.2) is 9.59 Å². The average molecular weight is 263 g/mol. The largest absolute Gasteiger partial charge is 0.428 e. The van der Waals surface area contributed by atoms with E-state index in [-0.39, 0.29) is 23.3 Å². The molecule has 1 aromatic carbocycles. The van der Waals surface area contributed by atoms with Crippen molar-refractivity contribution in [2.45, 2.75) is 0 Å². The van der Waals surface area contributed by atoms with Crippen molar-refractivity contribution < 1.29 is 14.1 Å². The van der Waals surface area contributed by atoms with E-state index in [2.05, 4.69) is 11.9 Å². The number of non-ortho nitro benzene ring substituents is 1. The topological polar surface area (TPSA) is 107 Å². The monoisotopic (exact) mass is 263 g/mol. The van der Waals surface area contributed by atoms with E-state index in [4.69, 9.17) is 4.42 Å². The molecule has 2 aromatic rings. The second-order valence-electron chi connectivity index (χ2n) is 3.59. The molecule has 0 bridgehead atoms. The van der Waals surface area contributed by atoms with E-state index in [1.807, 2.05) is 0 Å². The number of carbonyl (C=O) groups is 1. The van der Waals surface area contributed by atoms with E-state index < -0.39 is 16.7 Å². The van der Waals surface area contributed by atoms with E-state index >= 15 is 0 Å². The van der Waals surface area contributed by atoms with Gasteiger partial charge in [-0.3, -0.25) is 10.1 Å². The molecule has 0 fully saturated rings. The van der Waals surface area contributed by atoms with Crippen LogP contribution in [0.15, 0.2) is 40.1 Å². The first-order chi connectivity index (χ1) is 9.04. The van der Waals surface area contributed by atoms with Crippen LogP contribution in [0.5, 0.6) is 0 Å². The molecule has 1 N–H and O–H groups in total. The highest BCUT2D eigenvalue weighted by Gasteiger charge is 2.17. The maximum absolute atomic E-state index is 11.7. The maximum Gasteiger partial charge on any atom is 0.428 e. The zero-order chi connectivity index (χ0) is 14.0. The fourth-order valence-electron chi connectivity index (χ4n) is 1.55. The van der Waals surface area contributed by atoms with Crippen LogP contribution in [0, 0.1) is 10.1 Å². The van der Waals surface area contributed by atoms with Gasteiger partial charge in [0.1, 0.15) is 5.52 Å². The minimum absolute atomic E-state index is 0.0204. The SMILES string of the molecule is C=CCNC(=O)n1c(=O)oc2cc([N+](=O)[O-])ccc21. The number of carbonyl (C=O) groups excluding carboxylic acids is 1. The maximum atomic E-state index is 11.7. The van der Waals surface area contributed by atoms with Gasteiger partial charge in [0.05, 0.1) is 11.0 Å². The minimum Gasteiger partial charge on any atom is -0.407 e. The summed E-state index contributed by atoms with van der Waals surface area (Å²) in [6, 6.07) is 2.88. The van der Waals surface area contributed by atoms with Crippen molar-refractivity contribution in [3.63, 3.8) is 0 Å². The highest BCUT2D eigenvalue weighted by molar-refractivity contribution is 5.88. The lowest BCUT2D eigenvalue weighted by Crippen LogP contribution is -2.34. The summed E-state index contributed by atoms with van der Waals surface area (Å²) in [6.07, 6.45) is 1.45. The standard InChI is InChI=1S/C11H9N3O5/c1-2-5-12-10(15)13-8-4-3-7(14(17)18)6-9(8)19-11(13)16/h2-4,6H,1,5H2,(H,12,15). The van der Waals surface area contributed by atoms with E-state index in [9.17, 15) is 19.7 Å². The zero-order valence-corrected chi connectivity index (χ0v) is 9.66. The summed E-state index contributed by atoms with van der Waals surface area (Å²) < 4.78 is 5.57. The van der Waals surface area contributed by atoms with Crippen molar-refractivity contribution >= 4 is 22.8 Å². The highest BCUT2D eigenvalue weighted by atomic mass is 16.6. The van der Waals surface area contributed by atoms with Crippen molar-refractivity contribution in [1.82, 2.24) is 9.88 Å². The predicted molar refractivity (Wildman–Crippen MR) is 66.1 cm³/mol. The summed E-state index contributed by atoms with van der Waals surface area (Å²) in [6.45, 7) is 3.61. The molecule has 1 heterocycles. The quantitative estimate of drug-likeness (QED) is 0.509. The third-order valence-corrected chi connectivity index (χ3v) is 2.38. The second kappa shape index (κ2) is 4.77. The number of hydrogen-bond acceptors (Lipinski definition) is 5. The number of oxazole rings is 1. The lowest BCUT2D eigenvalue weighted by molar-refractivity contribution is -0.384. The Morgan fingerprint density at radius 1 is 1.58 bits per heavy atom. The van der Waals surface area contributed by atoms with Crippen LogP contribution in [0.2, 0.25) is 0 Å². The molecular formula is C11H9N3O5. The van der Waals surface area contributed by atoms with Crippen molar-refractivity contribution in [2.75, 3.05) is 6.54 Å². The Labute approximate surface area is 106 Å². The summed E-state index contributed by atoms with van der Waals surface area (Å²) in [7, 11) is 0. The average Bonchev–Trinajstić information content (AvgIpc) is 2.70. The van der Waals surface area contributed by atoms with Gasteiger partial charge in [-0.2, -0.15) is 4.57 Å². The highest BCUT2D eigenvalue weighted by Crippen LogP contribution is 2.19. The number of nitro groups is 1. The van der Waals surface area contributed by atoms with Gasteiger partial charge >= 0.3 is 11.8 Å². The van der Waals surface area contributed by atoms with Crippen molar-refractivity contribution in [1.29, 1.82) is 0 Å². The van der Waals surface area contributed by atoms with Crippen LogP contribution in [0.3, 0.4) is 0 Å². The van der Waals surface area contributed by atoms with Gasteiger partial charge in [-0.05, 0) is 6.07 Å². The van der Waals surface area contributed by atoms with Gasteiger partial charge < -0.3 is 9.73 Å². The molecule has 0 aliphatic carbocycles. The van der Waals surface area contributed by atoms with Gasteiger partial charge in [0.25, 0.3) is 5.69 Å². The molecule has 0 aliphatic rings. The molecule has 8 nitrogen and oxygen atoms in total. The lowest BCUT2D eigenvalue weighted by Gasteiger charge is -2.01. The number of nitro benzene ring substituents is 1. The molecule has 0 radical (unpaired) electrons. The number of aromatic nitrogens is 1. The smallest absolute Gasteiger partial charge is 0.407 e. The molecule has 0 unspecified atom stereocenters. The minimum atomic E-state index is -0.905. The lowest BCUT2D eigenvalue weighted by atomic mass is 10.3. The van der Waals surface area contributed by atoms with Crippen LogP contribution in [-0.4, -0.2) is 22.1 Å². The van der Waals surface area contributed by atoms with Gasteiger partial charge in [-0.15, -0.1) is 6.58 Å². The number of hydrogen-bond donors (Lipinski definition) is 1. The van der Waals surface area contributed by atoms with E-state index in [1.54, 1.807) is 0 Å². The van der Waals surface area contributed by atoms with E-state index in [1.165, 1.54) is 18.2 Å². The van der Waals surface area contributed by atoms with Gasteiger partial charge in [0, 0.05) is 12.6 Å². The summed E-state index contributed by atoms with van der Waals surface area (Å²) >= 11 is 0. The van der Waals surface area contributed by atoms with Crippen molar-refractivity contribution in [2.24, 2.45) is 0 Å². The molecule has 2 rings (SSSR count). The number of fused-ring (bicyclic) bond motifs is 1. The van der Waals surface area contributed by atoms with Crippen molar-refractivity contribution in [3.8, 4) is 0 Å². The number of nitrogens with one attached hydrogen (secondary N) is 1. The molecule has 8 heteroatoms. The molecule has 19 heavy (non-hydrogen) atoms. The molecule has 1 amide bonds. The zero-order valence-electron chi connectivity index (χ0n) is 9.66. The first kappa shape index (κ1) is 12.6. The summed E-state index contributed by atoms with van der Waals surface area (Å²) in [5, 5.41) is 13.0. The number of amides is 1. The molecule has 0 spiro atoms. The molecule has 0 aliphatic heterocycles. The number of nitrogens with zero attached hydrogens (tertiary/aromatic N) is 2. The van der Waals surface area contributed by atoms with Crippen LogP contribution in [-0.2, 0) is 0 Å². The van der Waals surface area contributed by atoms with Crippen LogP contribution in [0.25, 0.3) is 11.1 Å². The fraction of sp³-hybridized carbons (Fsp3) is 0.0909. The molecular weight excluding hydrogens is 254 g/mol. The summed E-state index contributed by atoms with van der Waals surface area (Å²) in [5.74, 6) is -0.905. The third-order valence-electron chi connectivity index (χ3n) is 2.38. The van der Waals surface area contributed by atoms with Crippen LogP contribution < -0.4 is 11.1 Å². The van der Waals surface area contributed by atoms with Crippen LogP contribution >= 0.6 is 0 Å². The van der Waals surface area contributed by atoms with Gasteiger partial charge in [0.2, 0.25) is 0 Å². The molecule has 0 saturated heterocycles. The predicted octanol–water partition coefficient (Wildman–Crippen LogP) is 1.25. The molecule has 1 aromatic heterocycles.